The summed E-state index contributed by atoms with van der Waals surface area (Å²) in [6, 6.07) is 18.0. The molecule has 1 aromatic heterocycles. The van der Waals surface area contributed by atoms with E-state index in [1.165, 1.54) is 29.1 Å². The lowest BCUT2D eigenvalue weighted by Gasteiger charge is -2.37. The van der Waals surface area contributed by atoms with E-state index in [9.17, 15) is 4.39 Å². The van der Waals surface area contributed by atoms with E-state index in [1.54, 1.807) is 0 Å². The zero-order chi connectivity index (χ0) is 25.5. The van der Waals surface area contributed by atoms with E-state index in [-0.39, 0.29) is 5.82 Å². The molecule has 1 aliphatic rings. The molecule has 1 aliphatic heterocycles. The van der Waals surface area contributed by atoms with Crippen LogP contribution in [-0.4, -0.2) is 64.9 Å². The SMILES string of the molecule is CCC(C)N(CCCc1ccccc1)Cc1c(C)nn(-c2ccc(F)cc2)c1N1CCN(CC)CC1. The normalized spacial score (nSPS) is 15.6. The Labute approximate surface area is 216 Å². The second-order valence-corrected chi connectivity index (χ2v) is 10.0. The van der Waals surface area contributed by atoms with Crippen LogP contribution in [0.4, 0.5) is 10.2 Å². The first-order valence-corrected chi connectivity index (χ1v) is 13.6. The minimum Gasteiger partial charge on any atom is -0.354 e. The van der Waals surface area contributed by atoms with Crippen molar-refractivity contribution in [3.8, 4) is 5.69 Å². The quantitative estimate of drug-likeness (QED) is 0.344. The van der Waals surface area contributed by atoms with E-state index in [4.69, 9.17) is 5.10 Å². The molecule has 0 aliphatic carbocycles. The van der Waals surface area contributed by atoms with Crippen LogP contribution in [0.2, 0.25) is 0 Å². The van der Waals surface area contributed by atoms with Gasteiger partial charge in [0.2, 0.25) is 0 Å². The van der Waals surface area contributed by atoms with Crippen molar-refractivity contribution in [2.24, 2.45) is 0 Å². The number of anilines is 1. The van der Waals surface area contributed by atoms with Gasteiger partial charge >= 0.3 is 0 Å². The van der Waals surface area contributed by atoms with E-state index in [2.05, 4.69) is 72.7 Å². The van der Waals surface area contributed by atoms with Crippen LogP contribution in [0.25, 0.3) is 5.69 Å². The van der Waals surface area contributed by atoms with Gasteiger partial charge in [-0.1, -0.05) is 44.2 Å². The number of piperazine rings is 1. The predicted molar refractivity (Wildman–Crippen MR) is 148 cm³/mol. The third-order valence-electron chi connectivity index (χ3n) is 7.68. The van der Waals surface area contributed by atoms with Gasteiger partial charge in [0.1, 0.15) is 11.6 Å². The summed E-state index contributed by atoms with van der Waals surface area (Å²) in [6.07, 6.45) is 3.33. The summed E-state index contributed by atoms with van der Waals surface area (Å²) in [6.45, 7) is 16.0. The number of rotatable bonds is 11. The molecule has 2 aromatic carbocycles. The van der Waals surface area contributed by atoms with Crippen molar-refractivity contribution in [1.82, 2.24) is 19.6 Å². The minimum atomic E-state index is -0.220. The third kappa shape index (κ3) is 6.34. The molecule has 36 heavy (non-hydrogen) atoms. The summed E-state index contributed by atoms with van der Waals surface area (Å²) in [5.41, 5.74) is 4.67. The molecule has 4 rings (SSSR count). The average Bonchev–Trinajstić information content (AvgIpc) is 3.24. The number of likely N-dealkylation sites (N-methyl/N-ethyl adjacent to an activating group) is 1. The topological polar surface area (TPSA) is 27.5 Å². The monoisotopic (exact) mass is 491 g/mol. The number of hydrogen-bond donors (Lipinski definition) is 0. The van der Waals surface area contributed by atoms with Gasteiger partial charge in [0.25, 0.3) is 0 Å². The Morgan fingerprint density at radius 3 is 2.31 bits per heavy atom. The smallest absolute Gasteiger partial charge is 0.137 e. The zero-order valence-corrected chi connectivity index (χ0v) is 22.5. The Bertz CT molecular complexity index is 1070. The first-order valence-electron chi connectivity index (χ1n) is 13.6. The fraction of sp³-hybridized carbons (Fsp3) is 0.500. The summed E-state index contributed by atoms with van der Waals surface area (Å²) < 4.78 is 15.8. The lowest BCUT2D eigenvalue weighted by molar-refractivity contribution is 0.192. The molecule has 0 bridgehead atoms. The molecule has 1 fully saturated rings. The van der Waals surface area contributed by atoms with Crippen molar-refractivity contribution in [3.05, 3.63) is 77.2 Å². The highest BCUT2D eigenvalue weighted by atomic mass is 19.1. The number of benzene rings is 2. The molecule has 0 saturated carbocycles. The largest absolute Gasteiger partial charge is 0.354 e. The maximum Gasteiger partial charge on any atom is 0.137 e. The number of aryl methyl sites for hydroxylation is 2. The fourth-order valence-corrected chi connectivity index (χ4v) is 5.14. The Balaban J connectivity index is 1.61. The molecule has 2 heterocycles. The third-order valence-corrected chi connectivity index (χ3v) is 7.68. The highest BCUT2D eigenvalue weighted by Crippen LogP contribution is 2.30. The highest BCUT2D eigenvalue weighted by molar-refractivity contribution is 5.56. The summed E-state index contributed by atoms with van der Waals surface area (Å²) in [5.74, 6) is 0.952. The minimum absolute atomic E-state index is 0.220. The Morgan fingerprint density at radius 1 is 0.972 bits per heavy atom. The van der Waals surface area contributed by atoms with Crippen molar-refractivity contribution in [2.45, 2.75) is 59.5 Å². The summed E-state index contributed by atoms with van der Waals surface area (Å²) in [5, 5.41) is 5.00. The van der Waals surface area contributed by atoms with Gasteiger partial charge in [0, 0.05) is 44.3 Å². The van der Waals surface area contributed by atoms with E-state index >= 15 is 0 Å². The highest BCUT2D eigenvalue weighted by Gasteiger charge is 2.27. The van der Waals surface area contributed by atoms with Crippen LogP contribution in [-0.2, 0) is 13.0 Å². The van der Waals surface area contributed by atoms with Gasteiger partial charge in [-0.2, -0.15) is 5.10 Å². The van der Waals surface area contributed by atoms with Crippen LogP contribution in [0, 0.1) is 12.7 Å². The predicted octanol–water partition coefficient (Wildman–Crippen LogP) is 5.70. The molecule has 5 nitrogen and oxygen atoms in total. The van der Waals surface area contributed by atoms with Gasteiger partial charge in [0.05, 0.1) is 11.4 Å². The van der Waals surface area contributed by atoms with Crippen molar-refractivity contribution in [2.75, 3.05) is 44.2 Å². The van der Waals surface area contributed by atoms with Gasteiger partial charge < -0.3 is 9.80 Å². The molecule has 1 atom stereocenters. The molecule has 0 radical (unpaired) electrons. The van der Waals surface area contributed by atoms with Crippen LogP contribution >= 0.6 is 0 Å². The maximum absolute atomic E-state index is 13.7. The van der Waals surface area contributed by atoms with Crippen LogP contribution in [0.1, 0.15) is 50.4 Å². The van der Waals surface area contributed by atoms with Crippen LogP contribution in [0.15, 0.2) is 54.6 Å². The molecule has 0 amide bonds. The lowest BCUT2D eigenvalue weighted by Crippen LogP contribution is -2.47. The molecule has 1 unspecified atom stereocenters. The van der Waals surface area contributed by atoms with Crippen LogP contribution < -0.4 is 4.90 Å². The van der Waals surface area contributed by atoms with Crippen molar-refractivity contribution >= 4 is 5.82 Å². The second-order valence-electron chi connectivity index (χ2n) is 10.0. The van der Waals surface area contributed by atoms with Crippen molar-refractivity contribution in [1.29, 1.82) is 0 Å². The molecule has 3 aromatic rings. The number of hydrogen-bond acceptors (Lipinski definition) is 4. The average molecular weight is 492 g/mol. The molecular formula is C30H42FN5. The van der Waals surface area contributed by atoms with Gasteiger partial charge in [-0.05, 0) is 76.0 Å². The van der Waals surface area contributed by atoms with Gasteiger partial charge in [0.15, 0.2) is 0 Å². The maximum atomic E-state index is 13.7. The molecule has 6 heteroatoms. The summed E-state index contributed by atoms with van der Waals surface area (Å²) >= 11 is 0. The van der Waals surface area contributed by atoms with E-state index in [0.717, 1.165) is 76.5 Å². The molecular weight excluding hydrogens is 449 g/mol. The van der Waals surface area contributed by atoms with Gasteiger partial charge in [-0.15, -0.1) is 0 Å². The molecule has 0 spiro atoms. The molecule has 1 saturated heterocycles. The lowest BCUT2D eigenvalue weighted by atomic mass is 10.1. The van der Waals surface area contributed by atoms with Crippen molar-refractivity contribution in [3.63, 3.8) is 0 Å². The first kappa shape index (κ1) is 26.4. The van der Waals surface area contributed by atoms with E-state index in [1.807, 2.05) is 16.8 Å². The molecule has 0 N–H and O–H groups in total. The van der Waals surface area contributed by atoms with Gasteiger partial charge in [-0.3, -0.25) is 4.90 Å². The number of aromatic nitrogens is 2. The van der Waals surface area contributed by atoms with Crippen LogP contribution in [0.3, 0.4) is 0 Å². The number of halogens is 1. The van der Waals surface area contributed by atoms with Crippen molar-refractivity contribution < 1.29 is 4.39 Å². The fourth-order valence-electron chi connectivity index (χ4n) is 5.14. The number of nitrogens with zero attached hydrogens (tertiary/aromatic N) is 5. The summed E-state index contributed by atoms with van der Waals surface area (Å²) in [7, 11) is 0. The summed E-state index contributed by atoms with van der Waals surface area (Å²) in [4.78, 5) is 7.61. The van der Waals surface area contributed by atoms with E-state index < -0.39 is 0 Å². The zero-order valence-electron chi connectivity index (χ0n) is 22.5. The Morgan fingerprint density at radius 2 is 1.67 bits per heavy atom. The first-order chi connectivity index (χ1) is 17.5. The Hall–Kier alpha value is -2.70. The van der Waals surface area contributed by atoms with Crippen LogP contribution in [0.5, 0.6) is 0 Å². The van der Waals surface area contributed by atoms with Gasteiger partial charge in [-0.25, -0.2) is 9.07 Å². The molecule has 194 valence electrons. The van der Waals surface area contributed by atoms with E-state index in [0.29, 0.717) is 6.04 Å². The standard InChI is InChI=1S/C30H42FN5/c1-5-24(3)35(18-10-13-26-11-8-7-9-12-26)23-29-25(4)32-36(28-16-14-27(31)15-17-28)30(29)34-21-19-33(6-2)20-22-34/h7-9,11-12,14-17,24H,5-6,10,13,18-23H2,1-4H3. The second kappa shape index (κ2) is 12.5. The Kier molecular flexibility index (Phi) is 9.16.